The van der Waals surface area contributed by atoms with Crippen molar-refractivity contribution in [2.45, 2.75) is 282 Å². The smallest absolute Gasteiger partial charge is 0.323 e. The summed E-state index contributed by atoms with van der Waals surface area (Å²) in [5.41, 5.74) is 6.35. The van der Waals surface area contributed by atoms with E-state index in [1.807, 2.05) is 21.9 Å². The fourth-order valence-electron chi connectivity index (χ4n) is 22.9. The van der Waals surface area contributed by atoms with Crippen LogP contribution >= 0.6 is 0 Å². The van der Waals surface area contributed by atoms with Crippen LogP contribution in [-0.2, 0) is 56.1 Å². The number of hydrogen-bond donors (Lipinski definition) is 5. The Hall–Kier alpha value is -8.84. The summed E-state index contributed by atoms with van der Waals surface area (Å²) in [4.78, 5) is 126. The molecule has 5 aliphatic heterocycles. The van der Waals surface area contributed by atoms with E-state index in [0.717, 1.165) is 160 Å². The molecule has 712 valence electrons. The Morgan fingerprint density at radius 2 is 0.654 bits per heavy atom. The summed E-state index contributed by atoms with van der Waals surface area (Å²) in [6, 6.07) is 55.3. The van der Waals surface area contributed by atoms with Crippen LogP contribution < -0.4 is 21.3 Å². The van der Waals surface area contributed by atoms with E-state index in [1.54, 1.807) is 28.5 Å². The van der Waals surface area contributed by atoms with Crippen molar-refractivity contribution in [1.82, 2.24) is 65.4 Å². The topological polar surface area (TPSA) is 270 Å². The van der Waals surface area contributed by atoms with E-state index in [0.29, 0.717) is 52.9 Å². The van der Waals surface area contributed by atoms with Crippen LogP contribution in [0.25, 0.3) is 0 Å². The van der Waals surface area contributed by atoms with E-state index in [-0.39, 0.29) is 129 Å². The van der Waals surface area contributed by atoms with Gasteiger partial charge in [-0.1, -0.05) is 205 Å². The molecule has 5 aliphatic carbocycles. The van der Waals surface area contributed by atoms with Crippen molar-refractivity contribution < 1.29 is 57.7 Å². The van der Waals surface area contributed by atoms with Crippen LogP contribution in [-0.4, -0.2) is 274 Å². The summed E-state index contributed by atoms with van der Waals surface area (Å²) in [5, 5.41) is 21.2. The number of Topliss-reactive ketones (excluding diaryl/α,β-unsaturated/α-hetero) is 3. The quantitative estimate of drug-likeness (QED) is 0.0230. The molecular weight excluding hydrogens is 1670 g/mol. The van der Waals surface area contributed by atoms with Crippen LogP contribution in [0.15, 0.2) is 152 Å². The van der Waals surface area contributed by atoms with Crippen molar-refractivity contribution in [1.29, 1.82) is 0 Å². The Labute approximate surface area is 778 Å². The Morgan fingerprint density at radius 1 is 0.369 bits per heavy atom. The van der Waals surface area contributed by atoms with Gasteiger partial charge in [0, 0.05) is 78.7 Å². The van der Waals surface area contributed by atoms with Gasteiger partial charge in [0.1, 0.15) is 37.4 Å². The summed E-state index contributed by atoms with van der Waals surface area (Å²) in [7, 11) is 10.5. The Morgan fingerprint density at radius 3 is 0.946 bits per heavy atom. The number of carbonyl (C=O) groups excluding carboxylic acids is 8. The van der Waals surface area contributed by atoms with Gasteiger partial charge in [-0.25, -0.2) is 24.0 Å². The number of rotatable bonds is 28. The number of carbonyl (C=O) groups is 9. The van der Waals surface area contributed by atoms with Crippen LogP contribution in [0, 0.1) is 0 Å². The minimum absolute atomic E-state index is 0.0120. The molecule has 5 heterocycles. The van der Waals surface area contributed by atoms with E-state index in [1.165, 1.54) is 39.6 Å². The third kappa shape index (κ3) is 23.8. The average Bonchev–Trinajstić information content (AvgIpc) is 1.62. The van der Waals surface area contributed by atoms with Crippen molar-refractivity contribution in [2.24, 2.45) is 0 Å². The summed E-state index contributed by atoms with van der Waals surface area (Å²) in [5.74, 6) is -0.865. The summed E-state index contributed by atoms with van der Waals surface area (Å²) in [6.07, 6.45) is 21.8. The maximum atomic E-state index is 13.3. The fraction of sp³-hybridized carbons (Fsp3) is 0.621. The maximum Gasteiger partial charge on any atom is 0.323 e. The Bertz CT molecular complexity index is 4610. The molecule has 5 saturated heterocycles. The Kier molecular flexibility index (Phi) is 33.3. The Balaban J connectivity index is 0.000000159. The van der Waals surface area contributed by atoms with Gasteiger partial charge in [0.05, 0.1) is 47.3 Å². The summed E-state index contributed by atoms with van der Waals surface area (Å²) in [6.45, 7) is 28.8. The predicted octanol–water partition coefficient (Wildman–Crippen LogP) is 16.9. The molecule has 10 amide bonds. The molecule has 5 N–H and O–H groups in total. The maximum absolute atomic E-state index is 13.3. The highest BCUT2D eigenvalue weighted by molar-refractivity contribution is 6.76. The summed E-state index contributed by atoms with van der Waals surface area (Å²) < 4.78 is 12.1. The molecule has 0 aromatic heterocycles. The molecule has 0 unspecified atom stereocenters. The number of aliphatic carboxylic acids is 1. The molecule has 25 nitrogen and oxygen atoms in total. The van der Waals surface area contributed by atoms with Gasteiger partial charge in [-0.15, -0.1) is 0 Å². The van der Waals surface area contributed by atoms with Crippen LogP contribution in [0.2, 0.25) is 51.4 Å². The largest absolute Gasteiger partial charge is 0.480 e. The van der Waals surface area contributed by atoms with Gasteiger partial charge < -0.3 is 55.4 Å². The second-order valence-electron chi connectivity index (χ2n) is 42.9. The van der Waals surface area contributed by atoms with E-state index in [9.17, 15) is 43.2 Å². The number of carboxylic acids is 1. The second-order valence-corrected chi connectivity index (χ2v) is 54.1. The van der Waals surface area contributed by atoms with E-state index in [4.69, 9.17) is 14.6 Å². The SMILES string of the molecule is CC(=O)CN1CC2(CCC(c3ccccc3)(N(C)C)CC2)N(COCC[Si](C)(C)C)C1=O.CC(=O)CN1CC2(CCC(c3ccccc3)(N(C)C)CC2)NC1=O.CCC1(c2ccccc2)CCC2(CC1)CN(CC(=O)O)C(=O)N2.CCC1(c2ccccc2)CCC2(CC1)CN(CC(C)=O)C(=O)N2COCC[Si](C)(C)C.CN(C)C1(c2ccccc2)CCC2(CC1)CNC(=O)N2. The third-order valence-electron chi connectivity index (χ3n) is 31.4. The normalized spacial score (nSPS) is 28.9. The molecule has 0 atom stereocenters. The summed E-state index contributed by atoms with van der Waals surface area (Å²) >= 11 is 0. The molecule has 0 bridgehead atoms. The monoisotopic (exact) mass is 1820 g/mol. The highest BCUT2D eigenvalue weighted by Crippen LogP contribution is 2.54. The molecular formula is C103H155N13O12Si2. The first-order chi connectivity index (χ1) is 61.5. The van der Waals surface area contributed by atoms with Crippen LogP contribution in [0.4, 0.5) is 24.0 Å². The number of nitrogens with zero attached hydrogens (tertiary/aromatic N) is 9. The third-order valence-corrected chi connectivity index (χ3v) is 34.8. The molecule has 5 aromatic rings. The lowest BCUT2D eigenvalue weighted by atomic mass is 9.63. The number of hydrogen-bond acceptors (Lipinski definition) is 14. The fourth-order valence-corrected chi connectivity index (χ4v) is 24.4. The van der Waals surface area contributed by atoms with Gasteiger partial charge in [0.2, 0.25) is 0 Å². The molecule has 10 fully saturated rings. The van der Waals surface area contributed by atoms with Gasteiger partial charge in [0.25, 0.3) is 0 Å². The van der Waals surface area contributed by atoms with Crippen LogP contribution in [0.1, 0.15) is 204 Å². The van der Waals surface area contributed by atoms with Crippen molar-refractivity contribution in [3.63, 3.8) is 0 Å². The average molecular weight is 1820 g/mol. The highest BCUT2D eigenvalue weighted by atomic mass is 28.3. The highest BCUT2D eigenvalue weighted by Gasteiger charge is 2.58. The molecule has 0 radical (unpaired) electrons. The second kappa shape index (κ2) is 42.6. The van der Waals surface area contributed by atoms with Crippen molar-refractivity contribution in [3.8, 4) is 0 Å². The van der Waals surface area contributed by atoms with Gasteiger partial charge in [-0.05, 0) is 255 Å². The van der Waals surface area contributed by atoms with Crippen LogP contribution in [0.3, 0.4) is 0 Å². The molecule has 130 heavy (non-hydrogen) atoms. The van der Waals surface area contributed by atoms with E-state index >= 15 is 0 Å². The first kappa shape index (κ1) is 102. The minimum Gasteiger partial charge on any atom is -0.480 e. The number of urea groups is 5. The van der Waals surface area contributed by atoms with Gasteiger partial charge in [-0.2, -0.15) is 0 Å². The van der Waals surface area contributed by atoms with E-state index in [2.05, 4.69) is 271 Å². The zero-order valence-corrected chi connectivity index (χ0v) is 83.6. The molecule has 15 rings (SSSR count). The molecule has 10 aliphatic rings. The number of nitrogens with one attached hydrogen (secondary N) is 4. The molecule has 5 aromatic carbocycles. The first-order valence-corrected chi connectivity index (χ1v) is 55.4. The minimum atomic E-state index is -1.19. The molecule has 27 heteroatoms. The number of ether oxygens (including phenoxy) is 2. The van der Waals surface area contributed by atoms with Gasteiger partial charge in [-0.3, -0.25) is 43.7 Å². The van der Waals surface area contributed by atoms with Gasteiger partial charge >= 0.3 is 36.1 Å². The zero-order chi connectivity index (χ0) is 94.4. The first-order valence-electron chi connectivity index (χ1n) is 48.0. The van der Waals surface area contributed by atoms with Gasteiger partial charge in [0.15, 0.2) is 0 Å². The molecule has 5 spiro atoms. The predicted molar refractivity (Wildman–Crippen MR) is 520 cm³/mol. The zero-order valence-electron chi connectivity index (χ0n) is 81.6. The number of carboxylic acid groups (broad SMARTS) is 1. The van der Waals surface area contributed by atoms with Crippen molar-refractivity contribution in [2.75, 3.05) is 128 Å². The lowest BCUT2D eigenvalue weighted by Crippen LogP contribution is -2.55. The van der Waals surface area contributed by atoms with Crippen LogP contribution in [0.5, 0.6) is 0 Å². The lowest BCUT2D eigenvalue weighted by Gasteiger charge is -2.50. The number of amides is 10. The lowest BCUT2D eigenvalue weighted by molar-refractivity contribution is -0.137. The van der Waals surface area contributed by atoms with E-state index < -0.39 is 22.1 Å². The number of ketones is 3. The number of benzene rings is 5. The van der Waals surface area contributed by atoms with Crippen molar-refractivity contribution in [3.05, 3.63) is 179 Å². The van der Waals surface area contributed by atoms with Crippen molar-refractivity contribution >= 4 is 69.6 Å². The standard InChI is InChI=1S/C25H41N3O3Si.C25H40N2O3Si.C19H27N3O2.C18H24N2O3.C16H23N3O/c1-21(29)18-27-19-24(28(23(27)30)20-31-16-17-32(4,5)6)12-14-25(15-13-24,26(2)3)22-10-8-7-9-11-22;1-6-24(22-10-8-7-9-11-22)12-14-25(15-13-24)19-26(18-21(2)28)23(29)27(25)20-30-16-17-31(3,4)5;1-15(23)13-22-14-18(20-17(22)24)9-11-19(12-10-18,21(2)3)16-7-5-4-6-8-16;1-2-17(14-6-4-3-5-7-14)8-10-18(11-9-17)13-20(12-15(21)22)16(23)19-18;1-19(2)16(13-6-4-3-5-7-13)10-8-15(9-11-16)12-17-14(20)18-15/h7-11H,12-20H2,1-6H3;7-11H,6,12-20H2,1-5H3;4-8H,9-14H2,1-3H3,(H,20,24);3-7H,2,8-13H2,1H3,(H,19,23)(H,21,22);3-7H,8-12H2,1-2H3,(H2,17,18,20). The molecule has 5 saturated carbocycles.